The van der Waals surface area contributed by atoms with Crippen LogP contribution in [0.1, 0.15) is 39.5 Å². The maximum absolute atomic E-state index is 11.5. The molecule has 11 nitrogen and oxygen atoms in total. The van der Waals surface area contributed by atoms with Gasteiger partial charge in [0, 0.05) is 13.8 Å². The van der Waals surface area contributed by atoms with Gasteiger partial charge in [0.2, 0.25) is 11.5 Å². The summed E-state index contributed by atoms with van der Waals surface area (Å²) in [5.41, 5.74) is -0.419. The van der Waals surface area contributed by atoms with E-state index in [9.17, 15) is 14.9 Å². The Morgan fingerprint density at radius 1 is 1.30 bits per heavy atom. The van der Waals surface area contributed by atoms with Crippen LogP contribution >= 0.6 is 0 Å². The summed E-state index contributed by atoms with van der Waals surface area (Å²) in [6, 6.07) is 5.61. The van der Waals surface area contributed by atoms with E-state index in [0.717, 1.165) is 0 Å². The highest BCUT2D eigenvalue weighted by molar-refractivity contribution is 5.91. The van der Waals surface area contributed by atoms with Gasteiger partial charge in [0.25, 0.3) is 0 Å². The van der Waals surface area contributed by atoms with Crippen LogP contribution in [0, 0.1) is 11.3 Å². The van der Waals surface area contributed by atoms with Crippen molar-refractivity contribution in [2.75, 3.05) is 11.9 Å². The first-order chi connectivity index (χ1) is 14.2. The second-order valence-electron chi connectivity index (χ2n) is 7.69. The molecule has 0 spiro atoms. The number of nitrogens with zero attached hydrogens (tertiary/aromatic N) is 4. The van der Waals surface area contributed by atoms with Crippen molar-refractivity contribution >= 4 is 23.2 Å². The first-order valence-electron chi connectivity index (χ1n) is 9.34. The molecule has 2 aliphatic heterocycles. The summed E-state index contributed by atoms with van der Waals surface area (Å²) >= 11 is 0. The van der Waals surface area contributed by atoms with Crippen LogP contribution in [-0.2, 0) is 28.5 Å². The molecular weight excluding hydrogens is 394 g/mol. The van der Waals surface area contributed by atoms with E-state index in [2.05, 4.69) is 21.5 Å². The lowest BCUT2D eigenvalue weighted by Crippen LogP contribution is -2.46. The third kappa shape index (κ3) is 3.28. The quantitative estimate of drug-likeness (QED) is 0.728. The number of nitriles is 1. The standard InChI is InChI=1S/C19H21N5O6/c1-10(25)23-17-13-6-5-12(24(13)22-9-21-17)14-15-16(30-18(3,4)28-15)19(7-20,29-14)8-27-11(2)26/h5-6,9,14-16H,8H2,1-4H3,(H,21,22,23,25)/t14-,15-,16-,19+/m0/s1. The molecule has 0 aliphatic carbocycles. The fourth-order valence-corrected chi connectivity index (χ4v) is 3.84. The van der Waals surface area contributed by atoms with Crippen LogP contribution in [-0.4, -0.2) is 56.7 Å². The van der Waals surface area contributed by atoms with Gasteiger partial charge in [-0.05, 0) is 26.0 Å². The number of esters is 1. The highest BCUT2D eigenvalue weighted by Crippen LogP contribution is 2.50. The molecule has 0 unspecified atom stereocenters. The zero-order chi connectivity index (χ0) is 21.7. The second-order valence-corrected chi connectivity index (χ2v) is 7.69. The SMILES string of the molecule is CC(=O)Nc1ncnn2c([C@@H]3O[C@](C#N)(COC(C)=O)[C@H]4OC(C)(C)O[C@@H]34)ccc12. The van der Waals surface area contributed by atoms with Crippen molar-refractivity contribution in [3.05, 3.63) is 24.2 Å². The molecule has 0 aromatic carbocycles. The van der Waals surface area contributed by atoms with Gasteiger partial charge in [-0.2, -0.15) is 10.4 Å². The fraction of sp³-hybridized carbons (Fsp3) is 0.526. The number of amides is 1. The largest absolute Gasteiger partial charge is 0.462 e. The molecule has 4 heterocycles. The van der Waals surface area contributed by atoms with Crippen LogP contribution in [0.25, 0.3) is 5.52 Å². The number of ether oxygens (including phenoxy) is 4. The Morgan fingerprint density at radius 2 is 2.07 bits per heavy atom. The molecule has 30 heavy (non-hydrogen) atoms. The monoisotopic (exact) mass is 415 g/mol. The molecule has 4 atom stereocenters. The van der Waals surface area contributed by atoms with E-state index in [1.807, 2.05) is 0 Å². The molecule has 0 saturated carbocycles. The van der Waals surface area contributed by atoms with E-state index in [0.29, 0.717) is 17.0 Å². The summed E-state index contributed by atoms with van der Waals surface area (Å²) in [7, 11) is 0. The van der Waals surface area contributed by atoms with Crippen LogP contribution in [0.2, 0.25) is 0 Å². The Labute approximate surface area is 171 Å². The molecule has 0 bridgehead atoms. The van der Waals surface area contributed by atoms with Crippen LogP contribution in [0.3, 0.4) is 0 Å². The molecule has 2 aromatic heterocycles. The minimum absolute atomic E-state index is 0.269. The highest BCUT2D eigenvalue weighted by Gasteiger charge is 2.65. The number of nitrogens with one attached hydrogen (secondary N) is 1. The number of carbonyl (C=O) groups excluding carboxylic acids is 2. The molecule has 158 valence electrons. The number of hydrogen-bond acceptors (Lipinski definition) is 9. The number of carbonyl (C=O) groups is 2. The number of anilines is 1. The molecule has 1 amide bonds. The molecule has 2 aliphatic rings. The Bertz CT molecular complexity index is 1060. The average molecular weight is 415 g/mol. The molecule has 4 rings (SSSR count). The number of hydrogen-bond donors (Lipinski definition) is 1. The molecule has 2 saturated heterocycles. The van der Waals surface area contributed by atoms with Gasteiger partial charge in [-0.25, -0.2) is 9.50 Å². The van der Waals surface area contributed by atoms with E-state index in [4.69, 9.17) is 18.9 Å². The summed E-state index contributed by atoms with van der Waals surface area (Å²) in [6.07, 6.45) is -0.869. The highest BCUT2D eigenvalue weighted by atomic mass is 16.8. The Morgan fingerprint density at radius 3 is 2.73 bits per heavy atom. The van der Waals surface area contributed by atoms with Crippen molar-refractivity contribution in [2.45, 2.75) is 57.4 Å². The lowest BCUT2D eigenvalue weighted by Gasteiger charge is -2.28. The van der Waals surface area contributed by atoms with Gasteiger partial charge in [0.05, 0.1) is 5.69 Å². The van der Waals surface area contributed by atoms with Crippen molar-refractivity contribution < 1.29 is 28.5 Å². The first-order valence-corrected chi connectivity index (χ1v) is 9.34. The Hall–Kier alpha value is -3.07. The smallest absolute Gasteiger partial charge is 0.302 e. The van der Waals surface area contributed by atoms with Crippen LogP contribution in [0.5, 0.6) is 0 Å². The normalized spacial score (nSPS) is 29.4. The zero-order valence-corrected chi connectivity index (χ0v) is 16.9. The lowest BCUT2D eigenvalue weighted by atomic mass is 9.96. The number of fused-ring (bicyclic) bond motifs is 2. The molecule has 2 fully saturated rings. The number of rotatable bonds is 4. The van der Waals surface area contributed by atoms with E-state index < -0.39 is 35.7 Å². The second kappa shape index (κ2) is 7.02. The zero-order valence-electron chi connectivity index (χ0n) is 16.9. The maximum atomic E-state index is 11.5. The van der Waals surface area contributed by atoms with Crippen molar-refractivity contribution in [2.24, 2.45) is 0 Å². The molecular formula is C19H21N5O6. The molecule has 11 heteroatoms. The van der Waals surface area contributed by atoms with E-state index >= 15 is 0 Å². The van der Waals surface area contributed by atoms with Crippen molar-refractivity contribution in [1.82, 2.24) is 14.6 Å². The van der Waals surface area contributed by atoms with Gasteiger partial charge < -0.3 is 24.3 Å². The van der Waals surface area contributed by atoms with Crippen molar-refractivity contribution in [3.63, 3.8) is 0 Å². The molecule has 2 aromatic rings. The van der Waals surface area contributed by atoms with Gasteiger partial charge >= 0.3 is 5.97 Å². The minimum Gasteiger partial charge on any atom is -0.462 e. The van der Waals surface area contributed by atoms with Crippen LogP contribution in [0.15, 0.2) is 18.5 Å². The van der Waals surface area contributed by atoms with Crippen LogP contribution in [0.4, 0.5) is 5.82 Å². The Kier molecular flexibility index (Phi) is 4.73. The van der Waals surface area contributed by atoms with Gasteiger partial charge in [-0.1, -0.05) is 0 Å². The molecule has 1 N–H and O–H groups in total. The average Bonchev–Trinajstić information content (AvgIpc) is 3.30. The maximum Gasteiger partial charge on any atom is 0.302 e. The van der Waals surface area contributed by atoms with E-state index in [1.165, 1.54) is 20.2 Å². The van der Waals surface area contributed by atoms with Crippen molar-refractivity contribution in [1.29, 1.82) is 5.26 Å². The fourth-order valence-electron chi connectivity index (χ4n) is 3.84. The van der Waals surface area contributed by atoms with Crippen LogP contribution < -0.4 is 5.32 Å². The summed E-state index contributed by atoms with van der Waals surface area (Å²) in [5.74, 6) is -1.42. The predicted octanol–water partition coefficient (Wildman–Crippen LogP) is 1.10. The summed E-state index contributed by atoms with van der Waals surface area (Å²) in [6.45, 7) is 5.82. The van der Waals surface area contributed by atoms with Gasteiger partial charge in [0.15, 0.2) is 11.6 Å². The topological polar surface area (TPSA) is 137 Å². The number of aromatic nitrogens is 3. The van der Waals surface area contributed by atoms with Crippen molar-refractivity contribution in [3.8, 4) is 6.07 Å². The first kappa shape index (κ1) is 20.2. The Balaban J connectivity index is 1.76. The third-order valence-electron chi connectivity index (χ3n) is 4.97. The van der Waals surface area contributed by atoms with Gasteiger partial charge in [0.1, 0.15) is 42.8 Å². The predicted molar refractivity (Wildman–Crippen MR) is 99.9 cm³/mol. The van der Waals surface area contributed by atoms with E-state index in [1.54, 1.807) is 30.5 Å². The summed E-state index contributed by atoms with van der Waals surface area (Å²) in [4.78, 5) is 26.9. The third-order valence-corrected chi connectivity index (χ3v) is 4.97. The minimum atomic E-state index is -1.55. The summed E-state index contributed by atoms with van der Waals surface area (Å²) < 4.78 is 24.8. The van der Waals surface area contributed by atoms with Gasteiger partial charge in [-0.3, -0.25) is 9.59 Å². The van der Waals surface area contributed by atoms with Gasteiger partial charge in [-0.15, -0.1) is 0 Å². The summed E-state index contributed by atoms with van der Waals surface area (Å²) in [5, 5.41) is 16.9. The lowest BCUT2D eigenvalue weighted by molar-refractivity contribution is -0.207. The molecule has 0 radical (unpaired) electrons. The van der Waals surface area contributed by atoms with E-state index in [-0.39, 0.29) is 12.5 Å².